The van der Waals surface area contributed by atoms with Crippen LogP contribution in [0.15, 0.2) is 0 Å². The number of rotatable bonds is 4. The van der Waals surface area contributed by atoms with Gasteiger partial charge in [-0.05, 0) is 64.5 Å². The van der Waals surface area contributed by atoms with Gasteiger partial charge in [-0.3, -0.25) is 4.90 Å². The summed E-state index contributed by atoms with van der Waals surface area (Å²) < 4.78 is 0. The van der Waals surface area contributed by atoms with Crippen molar-refractivity contribution in [3.63, 3.8) is 0 Å². The van der Waals surface area contributed by atoms with E-state index >= 15 is 0 Å². The maximum Gasteiger partial charge on any atom is 0.0153 e. The molecule has 106 valence electrons. The third kappa shape index (κ3) is 3.08. The summed E-state index contributed by atoms with van der Waals surface area (Å²) in [5.41, 5.74) is 0.968. The predicted octanol–water partition coefficient (Wildman–Crippen LogP) is 3.28. The molecule has 1 N–H and O–H groups in total. The summed E-state index contributed by atoms with van der Waals surface area (Å²) in [6.07, 6.45) is 8.47. The number of hydrogen-bond acceptors (Lipinski definition) is 2. The van der Waals surface area contributed by atoms with Crippen molar-refractivity contribution in [2.24, 2.45) is 11.3 Å². The first-order valence-corrected chi connectivity index (χ1v) is 7.87. The van der Waals surface area contributed by atoms with Gasteiger partial charge in [-0.2, -0.15) is 0 Å². The highest BCUT2D eigenvalue weighted by molar-refractivity contribution is 4.95. The number of nitrogens with zero attached hydrogens (tertiary/aromatic N) is 1. The van der Waals surface area contributed by atoms with Crippen molar-refractivity contribution in [2.75, 3.05) is 26.7 Å². The van der Waals surface area contributed by atoms with Gasteiger partial charge in [0.25, 0.3) is 0 Å². The lowest BCUT2D eigenvalue weighted by Crippen LogP contribution is -2.50. The summed E-state index contributed by atoms with van der Waals surface area (Å²) in [4.78, 5) is 2.77. The monoisotopic (exact) mass is 252 g/mol. The van der Waals surface area contributed by atoms with E-state index in [0.29, 0.717) is 11.0 Å². The van der Waals surface area contributed by atoms with Crippen LogP contribution in [0.3, 0.4) is 0 Å². The molecule has 0 radical (unpaired) electrons. The smallest absolute Gasteiger partial charge is 0.0153 e. The van der Waals surface area contributed by atoms with Gasteiger partial charge in [-0.1, -0.05) is 19.8 Å². The highest BCUT2D eigenvalue weighted by atomic mass is 15.2. The van der Waals surface area contributed by atoms with Gasteiger partial charge in [0.2, 0.25) is 0 Å². The largest absolute Gasteiger partial charge is 0.319 e. The van der Waals surface area contributed by atoms with E-state index in [0.717, 1.165) is 5.92 Å². The zero-order chi connectivity index (χ0) is 13.2. The minimum absolute atomic E-state index is 0.432. The molecular weight excluding hydrogens is 220 g/mol. The third-order valence-corrected chi connectivity index (χ3v) is 5.34. The maximum atomic E-state index is 3.47. The Labute approximate surface area is 114 Å². The summed E-state index contributed by atoms with van der Waals surface area (Å²) >= 11 is 0. The van der Waals surface area contributed by atoms with E-state index in [1.165, 1.54) is 58.2 Å². The lowest BCUT2D eigenvalue weighted by Gasteiger charge is -2.45. The Morgan fingerprint density at radius 1 is 1.22 bits per heavy atom. The molecule has 2 unspecified atom stereocenters. The molecule has 0 bridgehead atoms. The first kappa shape index (κ1) is 14.3. The van der Waals surface area contributed by atoms with Gasteiger partial charge in [0.15, 0.2) is 0 Å². The van der Waals surface area contributed by atoms with Gasteiger partial charge in [0.05, 0.1) is 0 Å². The standard InChI is InChI=1S/C16H32N2/c1-14-7-5-9-16(11-14,12-17-4)13-18-10-6-8-15(18,2)3/h14,17H,5-13H2,1-4H3. The quantitative estimate of drug-likeness (QED) is 0.826. The van der Waals surface area contributed by atoms with Crippen LogP contribution in [0, 0.1) is 11.3 Å². The molecule has 0 aromatic heterocycles. The van der Waals surface area contributed by atoms with Crippen molar-refractivity contribution in [3.8, 4) is 0 Å². The average molecular weight is 252 g/mol. The van der Waals surface area contributed by atoms with Crippen molar-refractivity contribution in [3.05, 3.63) is 0 Å². The Morgan fingerprint density at radius 3 is 2.56 bits per heavy atom. The maximum absolute atomic E-state index is 3.47. The number of hydrogen-bond donors (Lipinski definition) is 1. The molecule has 1 saturated heterocycles. The van der Waals surface area contributed by atoms with Crippen LogP contribution in [0.1, 0.15) is 59.3 Å². The van der Waals surface area contributed by atoms with Gasteiger partial charge in [-0.25, -0.2) is 0 Å². The van der Waals surface area contributed by atoms with E-state index in [4.69, 9.17) is 0 Å². The second-order valence-corrected chi connectivity index (χ2v) is 7.57. The van der Waals surface area contributed by atoms with Gasteiger partial charge < -0.3 is 5.32 Å². The van der Waals surface area contributed by atoms with Crippen LogP contribution in [-0.4, -0.2) is 37.1 Å². The van der Waals surface area contributed by atoms with Gasteiger partial charge in [0.1, 0.15) is 0 Å². The molecule has 2 nitrogen and oxygen atoms in total. The summed E-state index contributed by atoms with van der Waals surface area (Å²) in [7, 11) is 2.12. The molecule has 18 heavy (non-hydrogen) atoms. The molecule has 1 aliphatic carbocycles. The fourth-order valence-corrected chi connectivity index (χ4v) is 4.37. The van der Waals surface area contributed by atoms with Gasteiger partial charge in [0, 0.05) is 18.6 Å². The molecular formula is C16H32N2. The minimum Gasteiger partial charge on any atom is -0.319 e. The first-order chi connectivity index (χ1) is 8.47. The van der Waals surface area contributed by atoms with Crippen LogP contribution in [0.25, 0.3) is 0 Å². The van der Waals surface area contributed by atoms with Crippen LogP contribution in [0.4, 0.5) is 0 Å². The summed E-state index contributed by atoms with van der Waals surface area (Å²) in [6, 6.07) is 0. The van der Waals surface area contributed by atoms with Crippen molar-refractivity contribution in [1.82, 2.24) is 10.2 Å². The normalized spacial score (nSPS) is 37.0. The molecule has 1 heterocycles. The molecule has 2 fully saturated rings. The molecule has 2 heteroatoms. The Kier molecular flexibility index (Phi) is 4.38. The molecule has 2 aliphatic rings. The Hall–Kier alpha value is -0.0800. The van der Waals surface area contributed by atoms with Crippen molar-refractivity contribution in [2.45, 2.75) is 64.8 Å². The van der Waals surface area contributed by atoms with Crippen molar-refractivity contribution < 1.29 is 0 Å². The summed E-state index contributed by atoms with van der Waals surface area (Å²) in [6.45, 7) is 11.1. The second kappa shape index (κ2) is 5.50. The minimum atomic E-state index is 0.432. The van der Waals surface area contributed by atoms with Crippen LogP contribution in [0.2, 0.25) is 0 Å². The molecule has 0 aromatic carbocycles. The van der Waals surface area contributed by atoms with E-state index in [1.54, 1.807) is 0 Å². The van der Waals surface area contributed by atoms with E-state index < -0.39 is 0 Å². The Morgan fingerprint density at radius 2 is 2.00 bits per heavy atom. The Balaban J connectivity index is 2.05. The van der Waals surface area contributed by atoms with Crippen molar-refractivity contribution in [1.29, 1.82) is 0 Å². The molecule has 0 spiro atoms. The Bertz CT molecular complexity index is 270. The summed E-state index contributed by atoms with van der Waals surface area (Å²) in [5, 5.41) is 3.47. The van der Waals surface area contributed by atoms with Crippen LogP contribution in [-0.2, 0) is 0 Å². The fourth-order valence-electron chi connectivity index (χ4n) is 4.37. The lowest BCUT2D eigenvalue weighted by molar-refractivity contribution is 0.0514. The zero-order valence-electron chi connectivity index (χ0n) is 12.9. The van der Waals surface area contributed by atoms with Gasteiger partial charge in [-0.15, -0.1) is 0 Å². The van der Waals surface area contributed by atoms with E-state index in [2.05, 4.69) is 38.0 Å². The number of likely N-dealkylation sites (tertiary alicyclic amines) is 1. The average Bonchev–Trinajstić information content (AvgIpc) is 2.58. The fraction of sp³-hybridized carbons (Fsp3) is 1.00. The lowest BCUT2D eigenvalue weighted by atomic mass is 9.69. The number of nitrogens with one attached hydrogen (secondary N) is 1. The highest BCUT2D eigenvalue weighted by Gasteiger charge is 2.41. The molecule has 1 aliphatic heterocycles. The SMILES string of the molecule is CNCC1(CN2CCCC2(C)C)CCCC(C)C1. The predicted molar refractivity (Wildman–Crippen MR) is 78.9 cm³/mol. The molecule has 0 amide bonds. The summed E-state index contributed by atoms with van der Waals surface area (Å²) in [5.74, 6) is 0.915. The topological polar surface area (TPSA) is 15.3 Å². The molecule has 2 rings (SSSR count). The van der Waals surface area contributed by atoms with Crippen LogP contribution in [0.5, 0.6) is 0 Å². The van der Waals surface area contributed by atoms with Crippen LogP contribution >= 0.6 is 0 Å². The third-order valence-electron chi connectivity index (χ3n) is 5.34. The second-order valence-electron chi connectivity index (χ2n) is 7.57. The molecule has 0 aromatic rings. The first-order valence-electron chi connectivity index (χ1n) is 7.87. The highest BCUT2D eigenvalue weighted by Crippen LogP contribution is 2.42. The van der Waals surface area contributed by atoms with Gasteiger partial charge >= 0.3 is 0 Å². The zero-order valence-corrected chi connectivity index (χ0v) is 12.9. The van der Waals surface area contributed by atoms with Crippen molar-refractivity contribution >= 4 is 0 Å². The molecule has 1 saturated carbocycles. The van der Waals surface area contributed by atoms with E-state index in [1.807, 2.05) is 0 Å². The van der Waals surface area contributed by atoms with E-state index in [9.17, 15) is 0 Å². The van der Waals surface area contributed by atoms with E-state index in [-0.39, 0.29) is 0 Å². The van der Waals surface area contributed by atoms with Crippen LogP contribution < -0.4 is 5.32 Å². The molecule has 2 atom stereocenters.